The van der Waals surface area contributed by atoms with Crippen molar-refractivity contribution in [3.05, 3.63) is 48.2 Å². The number of piperazine rings is 1. The van der Waals surface area contributed by atoms with Gasteiger partial charge in [0.05, 0.1) is 0 Å². The van der Waals surface area contributed by atoms with Crippen LogP contribution < -0.4 is 9.80 Å². The first-order valence-electron chi connectivity index (χ1n) is 10.9. The lowest BCUT2D eigenvalue weighted by molar-refractivity contribution is -0.131. The van der Waals surface area contributed by atoms with E-state index in [4.69, 9.17) is 4.98 Å². The van der Waals surface area contributed by atoms with Crippen molar-refractivity contribution in [3.63, 3.8) is 0 Å². The third-order valence-electron chi connectivity index (χ3n) is 5.92. The van der Waals surface area contributed by atoms with Crippen LogP contribution in [0.4, 0.5) is 11.8 Å². The summed E-state index contributed by atoms with van der Waals surface area (Å²) < 4.78 is 0. The summed E-state index contributed by atoms with van der Waals surface area (Å²) in [5.74, 6) is 2.11. The Bertz CT molecular complexity index is 783. The number of aryl methyl sites for hydroxylation is 1. The summed E-state index contributed by atoms with van der Waals surface area (Å²) in [5.41, 5.74) is 1.30. The van der Waals surface area contributed by atoms with Crippen molar-refractivity contribution in [2.24, 2.45) is 0 Å². The van der Waals surface area contributed by atoms with E-state index in [-0.39, 0.29) is 5.91 Å². The Kier molecular flexibility index (Phi) is 6.60. The number of hydrogen-bond donors (Lipinski definition) is 0. The zero-order chi connectivity index (χ0) is 19.9. The molecule has 4 rings (SSSR count). The highest BCUT2D eigenvalue weighted by Gasteiger charge is 2.22. The summed E-state index contributed by atoms with van der Waals surface area (Å²) in [6.07, 6.45) is 8.12. The third kappa shape index (κ3) is 5.25. The molecule has 2 fully saturated rings. The Morgan fingerprint density at radius 1 is 0.862 bits per heavy atom. The fourth-order valence-corrected chi connectivity index (χ4v) is 4.19. The minimum Gasteiger partial charge on any atom is -0.353 e. The summed E-state index contributed by atoms with van der Waals surface area (Å²) in [6.45, 7) is 5.31. The van der Waals surface area contributed by atoms with Crippen LogP contribution in [0, 0.1) is 0 Å². The van der Waals surface area contributed by atoms with Crippen LogP contribution in [0.3, 0.4) is 0 Å². The van der Waals surface area contributed by atoms with Crippen LogP contribution in [-0.4, -0.2) is 60.0 Å². The van der Waals surface area contributed by atoms with Crippen molar-refractivity contribution in [2.75, 3.05) is 49.1 Å². The van der Waals surface area contributed by atoms with Gasteiger partial charge in [-0.25, -0.2) is 4.98 Å². The predicted molar refractivity (Wildman–Crippen MR) is 116 cm³/mol. The highest BCUT2D eigenvalue weighted by molar-refractivity contribution is 5.76. The van der Waals surface area contributed by atoms with E-state index in [0.717, 1.165) is 63.9 Å². The van der Waals surface area contributed by atoms with E-state index in [1.54, 1.807) is 0 Å². The Morgan fingerprint density at radius 3 is 2.38 bits per heavy atom. The van der Waals surface area contributed by atoms with E-state index in [1.165, 1.54) is 24.8 Å². The Morgan fingerprint density at radius 2 is 1.62 bits per heavy atom. The molecule has 0 unspecified atom stereocenters. The quantitative estimate of drug-likeness (QED) is 0.755. The van der Waals surface area contributed by atoms with Gasteiger partial charge in [0.1, 0.15) is 5.82 Å². The van der Waals surface area contributed by atoms with Crippen molar-refractivity contribution in [3.8, 4) is 0 Å². The molecule has 2 saturated heterocycles. The van der Waals surface area contributed by atoms with Gasteiger partial charge >= 0.3 is 0 Å². The zero-order valence-electron chi connectivity index (χ0n) is 17.2. The minimum absolute atomic E-state index is 0.275. The number of rotatable bonds is 6. The molecule has 2 aliphatic heterocycles. The monoisotopic (exact) mass is 393 g/mol. The van der Waals surface area contributed by atoms with Crippen LogP contribution in [-0.2, 0) is 11.2 Å². The SMILES string of the molecule is O=C(CCCc1ccccc1)N1CCN(c2ccnc(N3CCCCC3)n2)CC1. The van der Waals surface area contributed by atoms with Gasteiger partial charge in [0.25, 0.3) is 0 Å². The third-order valence-corrected chi connectivity index (χ3v) is 5.92. The van der Waals surface area contributed by atoms with Crippen LogP contribution in [0.5, 0.6) is 0 Å². The average Bonchev–Trinajstić information content (AvgIpc) is 2.80. The van der Waals surface area contributed by atoms with Gasteiger partial charge in [-0.3, -0.25) is 4.79 Å². The number of carbonyl (C=O) groups excluding carboxylic acids is 1. The van der Waals surface area contributed by atoms with Crippen LogP contribution in [0.25, 0.3) is 0 Å². The molecule has 0 spiro atoms. The molecule has 1 amide bonds. The molecule has 0 aliphatic carbocycles. The number of benzene rings is 1. The summed E-state index contributed by atoms with van der Waals surface area (Å²) in [6, 6.07) is 12.4. The van der Waals surface area contributed by atoms with Crippen LogP contribution in [0.2, 0.25) is 0 Å². The molecule has 6 heteroatoms. The molecule has 0 bridgehead atoms. The predicted octanol–water partition coefficient (Wildman–Crippen LogP) is 3.14. The number of anilines is 2. The van der Waals surface area contributed by atoms with Crippen molar-refractivity contribution < 1.29 is 4.79 Å². The van der Waals surface area contributed by atoms with Crippen molar-refractivity contribution in [1.82, 2.24) is 14.9 Å². The van der Waals surface area contributed by atoms with Crippen molar-refractivity contribution in [2.45, 2.75) is 38.5 Å². The van der Waals surface area contributed by atoms with E-state index in [1.807, 2.05) is 23.2 Å². The second kappa shape index (κ2) is 9.72. The highest BCUT2D eigenvalue weighted by Crippen LogP contribution is 2.20. The van der Waals surface area contributed by atoms with Crippen LogP contribution >= 0.6 is 0 Å². The molecule has 2 aliphatic rings. The maximum atomic E-state index is 12.6. The number of nitrogens with zero attached hydrogens (tertiary/aromatic N) is 5. The van der Waals surface area contributed by atoms with E-state index < -0.39 is 0 Å². The summed E-state index contributed by atoms with van der Waals surface area (Å²) in [7, 11) is 0. The molecule has 0 saturated carbocycles. The average molecular weight is 394 g/mol. The molecule has 3 heterocycles. The van der Waals surface area contributed by atoms with Crippen LogP contribution in [0.15, 0.2) is 42.6 Å². The number of carbonyl (C=O) groups is 1. The molecule has 1 aromatic carbocycles. The standard InChI is InChI=1S/C23H31N5O/c29-22(11-7-10-20-8-3-1-4-9-20)27-18-16-26(17-19-27)21-12-13-24-23(25-21)28-14-5-2-6-15-28/h1,3-4,8-9,12-13H,2,5-7,10-11,14-19H2. The summed E-state index contributed by atoms with van der Waals surface area (Å²) >= 11 is 0. The van der Waals surface area contributed by atoms with E-state index in [2.05, 4.69) is 39.0 Å². The molecule has 1 aromatic heterocycles. The molecular formula is C23H31N5O. The highest BCUT2D eigenvalue weighted by atomic mass is 16.2. The molecule has 29 heavy (non-hydrogen) atoms. The lowest BCUT2D eigenvalue weighted by Crippen LogP contribution is -2.49. The van der Waals surface area contributed by atoms with Gasteiger partial charge in [-0.05, 0) is 43.7 Å². The molecule has 154 valence electrons. The van der Waals surface area contributed by atoms with Crippen molar-refractivity contribution >= 4 is 17.7 Å². The second-order valence-electron chi connectivity index (χ2n) is 7.97. The number of piperidine rings is 1. The van der Waals surface area contributed by atoms with E-state index >= 15 is 0 Å². The zero-order valence-corrected chi connectivity index (χ0v) is 17.2. The van der Waals surface area contributed by atoms with Gasteiger partial charge in [-0.2, -0.15) is 4.98 Å². The van der Waals surface area contributed by atoms with E-state index in [9.17, 15) is 4.79 Å². The first-order chi connectivity index (χ1) is 14.3. The molecule has 0 radical (unpaired) electrons. The number of aromatic nitrogens is 2. The smallest absolute Gasteiger partial charge is 0.227 e. The maximum absolute atomic E-state index is 12.6. The van der Waals surface area contributed by atoms with Gasteiger partial charge in [0.2, 0.25) is 11.9 Å². The molecule has 0 atom stereocenters. The number of hydrogen-bond acceptors (Lipinski definition) is 5. The topological polar surface area (TPSA) is 52.6 Å². The number of amides is 1. The fourth-order valence-electron chi connectivity index (χ4n) is 4.19. The van der Waals surface area contributed by atoms with Gasteiger partial charge in [-0.1, -0.05) is 30.3 Å². The van der Waals surface area contributed by atoms with Gasteiger partial charge in [-0.15, -0.1) is 0 Å². The molecular weight excluding hydrogens is 362 g/mol. The Hall–Kier alpha value is -2.63. The first kappa shape index (κ1) is 19.7. The second-order valence-corrected chi connectivity index (χ2v) is 7.97. The minimum atomic E-state index is 0.275. The fraction of sp³-hybridized carbons (Fsp3) is 0.522. The lowest BCUT2D eigenvalue weighted by Gasteiger charge is -2.36. The van der Waals surface area contributed by atoms with Gasteiger partial charge in [0.15, 0.2) is 0 Å². The maximum Gasteiger partial charge on any atom is 0.227 e. The Balaban J connectivity index is 1.25. The van der Waals surface area contributed by atoms with Gasteiger partial charge in [0, 0.05) is 51.9 Å². The Labute approximate surface area is 173 Å². The first-order valence-corrected chi connectivity index (χ1v) is 10.9. The summed E-state index contributed by atoms with van der Waals surface area (Å²) in [5, 5.41) is 0. The lowest BCUT2D eigenvalue weighted by atomic mass is 10.1. The molecule has 2 aromatic rings. The van der Waals surface area contributed by atoms with Gasteiger partial charge < -0.3 is 14.7 Å². The molecule has 6 nitrogen and oxygen atoms in total. The summed E-state index contributed by atoms with van der Waals surface area (Å²) in [4.78, 5) is 28.4. The van der Waals surface area contributed by atoms with Crippen molar-refractivity contribution in [1.29, 1.82) is 0 Å². The molecule has 0 N–H and O–H groups in total. The normalized spacial score (nSPS) is 17.4. The largest absolute Gasteiger partial charge is 0.353 e. The van der Waals surface area contributed by atoms with Crippen LogP contribution in [0.1, 0.15) is 37.7 Å². The van der Waals surface area contributed by atoms with E-state index in [0.29, 0.717) is 6.42 Å².